The van der Waals surface area contributed by atoms with E-state index in [1.54, 1.807) is 0 Å². The van der Waals surface area contributed by atoms with Crippen molar-refractivity contribution in [2.24, 2.45) is 5.92 Å². The summed E-state index contributed by atoms with van der Waals surface area (Å²) in [6, 6.07) is 0.810. The van der Waals surface area contributed by atoms with Gasteiger partial charge in [0.25, 0.3) is 0 Å². The van der Waals surface area contributed by atoms with Gasteiger partial charge in [-0.2, -0.15) is 0 Å². The lowest BCUT2D eigenvalue weighted by atomic mass is 10.0. The Kier molecular flexibility index (Phi) is 5.93. The van der Waals surface area contributed by atoms with Crippen LogP contribution in [0.25, 0.3) is 0 Å². The van der Waals surface area contributed by atoms with Gasteiger partial charge in [0.05, 0.1) is 0 Å². The molecule has 18 heavy (non-hydrogen) atoms. The van der Waals surface area contributed by atoms with Gasteiger partial charge in [-0.1, -0.05) is 6.42 Å². The third-order valence-corrected chi connectivity index (χ3v) is 4.56. The van der Waals surface area contributed by atoms with Crippen LogP contribution in [-0.4, -0.2) is 62.7 Å². The third-order valence-electron chi connectivity index (χ3n) is 4.56. The van der Waals surface area contributed by atoms with Crippen LogP contribution in [0.3, 0.4) is 0 Å². The molecule has 0 spiro atoms. The van der Waals surface area contributed by atoms with E-state index in [0.717, 1.165) is 12.0 Å². The van der Waals surface area contributed by atoms with Gasteiger partial charge in [-0.05, 0) is 71.8 Å². The Balaban J connectivity index is 1.52. The second-order valence-electron chi connectivity index (χ2n) is 6.47. The third kappa shape index (κ3) is 4.87. The van der Waals surface area contributed by atoms with E-state index in [1.807, 2.05) is 0 Å². The summed E-state index contributed by atoms with van der Waals surface area (Å²) in [6.07, 6.45) is 8.33. The Labute approximate surface area is 113 Å². The zero-order valence-corrected chi connectivity index (χ0v) is 12.3. The molecule has 2 saturated heterocycles. The van der Waals surface area contributed by atoms with Crippen LogP contribution in [0.1, 0.15) is 38.5 Å². The molecule has 0 aromatic heterocycles. The van der Waals surface area contributed by atoms with Gasteiger partial charge in [-0.15, -0.1) is 0 Å². The maximum Gasteiger partial charge on any atom is 0.00675 e. The molecule has 0 radical (unpaired) electrons. The van der Waals surface area contributed by atoms with Crippen molar-refractivity contribution in [1.82, 2.24) is 15.1 Å². The minimum Gasteiger partial charge on any atom is -0.314 e. The van der Waals surface area contributed by atoms with E-state index in [-0.39, 0.29) is 0 Å². The van der Waals surface area contributed by atoms with E-state index in [1.165, 1.54) is 71.2 Å². The molecular formula is C15H31N3. The fraction of sp³-hybridized carbons (Fsp3) is 1.00. The molecule has 0 aromatic rings. The molecule has 2 unspecified atom stereocenters. The van der Waals surface area contributed by atoms with E-state index in [4.69, 9.17) is 0 Å². The van der Waals surface area contributed by atoms with Gasteiger partial charge >= 0.3 is 0 Å². The summed E-state index contributed by atoms with van der Waals surface area (Å²) in [4.78, 5) is 5.01. The van der Waals surface area contributed by atoms with Crippen LogP contribution in [-0.2, 0) is 0 Å². The monoisotopic (exact) mass is 253 g/mol. The topological polar surface area (TPSA) is 18.5 Å². The predicted molar refractivity (Wildman–Crippen MR) is 78.0 cm³/mol. The van der Waals surface area contributed by atoms with Crippen LogP contribution in [0.2, 0.25) is 0 Å². The smallest absolute Gasteiger partial charge is 0.00675 e. The van der Waals surface area contributed by atoms with E-state index >= 15 is 0 Å². The van der Waals surface area contributed by atoms with Gasteiger partial charge in [0, 0.05) is 19.1 Å². The second kappa shape index (κ2) is 7.46. The van der Waals surface area contributed by atoms with Crippen LogP contribution in [0, 0.1) is 5.92 Å². The molecule has 2 rings (SSSR count). The molecule has 3 nitrogen and oxygen atoms in total. The molecular weight excluding hydrogens is 222 g/mol. The Morgan fingerprint density at radius 1 is 1.28 bits per heavy atom. The maximum atomic E-state index is 3.65. The van der Waals surface area contributed by atoms with Crippen LogP contribution in [0.4, 0.5) is 0 Å². The van der Waals surface area contributed by atoms with Gasteiger partial charge in [-0.25, -0.2) is 0 Å². The fourth-order valence-corrected chi connectivity index (χ4v) is 3.49. The van der Waals surface area contributed by atoms with Crippen molar-refractivity contribution in [3.05, 3.63) is 0 Å². The molecule has 2 heterocycles. The van der Waals surface area contributed by atoms with E-state index in [2.05, 4.69) is 29.2 Å². The molecule has 2 aliphatic heterocycles. The summed E-state index contributed by atoms with van der Waals surface area (Å²) in [7, 11) is 4.54. The normalized spacial score (nSPS) is 30.2. The zero-order valence-electron chi connectivity index (χ0n) is 12.3. The molecule has 106 valence electrons. The Morgan fingerprint density at radius 2 is 2.17 bits per heavy atom. The molecule has 0 aliphatic carbocycles. The average molecular weight is 253 g/mol. The number of nitrogens with one attached hydrogen (secondary N) is 1. The first-order valence-electron chi connectivity index (χ1n) is 7.84. The minimum absolute atomic E-state index is 0.810. The maximum absolute atomic E-state index is 3.65. The van der Waals surface area contributed by atoms with Gasteiger partial charge in [0.1, 0.15) is 0 Å². The summed E-state index contributed by atoms with van der Waals surface area (Å²) in [6.45, 7) is 6.41. The SMILES string of the molecule is CN(CCCC1CCCCN1)CC1CCN(C)C1. The number of likely N-dealkylation sites (tertiary alicyclic amines) is 1. The van der Waals surface area contributed by atoms with Gasteiger partial charge in [0.2, 0.25) is 0 Å². The number of rotatable bonds is 6. The predicted octanol–water partition coefficient (Wildman–Crippen LogP) is 1.79. The Bertz CT molecular complexity index is 226. The number of hydrogen-bond donors (Lipinski definition) is 1. The standard InChI is InChI=1S/C15H31N3/c1-17(12-14-8-11-18(2)13-14)10-5-7-15-6-3-4-9-16-15/h14-16H,3-13H2,1-2H3. The highest BCUT2D eigenvalue weighted by Gasteiger charge is 2.20. The largest absolute Gasteiger partial charge is 0.314 e. The van der Waals surface area contributed by atoms with Crippen molar-refractivity contribution < 1.29 is 0 Å². The van der Waals surface area contributed by atoms with Crippen molar-refractivity contribution in [2.75, 3.05) is 46.8 Å². The first-order chi connectivity index (χ1) is 8.74. The summed E-state index contributed by atoms with van der Waals surface area (Å²) >= 11 is 0. The van der Waals surface area contributed by atoms with Crippen LogP contribution in [0.15, 0.2) is 0 Å². The lowest BCUT2D eigenvalue weighted by Gasteiger charge is -2.25. The van der Waals surface area contributed by atoms with Crippen molar-refractivity contribution >= 4 is 0 Å². The molecule has 0 saturated carbocycles. The van der Waals surface area contributed by atoms with Crippen molar-refractivity contribution in [3.8, 4) is 0 Å². The van der Waals surface area contributed by atoms with Gasteiger partial charge < -0.3 is 15.1 Å². The Hall–Kier alpha value is -0.120. The van der Waals surface area contributed by atoms with E-state index < -0.39 is 0 Å². The zero-order chi connectivity index (χ0) is 12.8. The second-order valence-corrected chi connectivity index (χ2v) is 6.47. The number of nitrogens with zero attached hydrogens (tertiary/aromatic N) is 2. The summed E-state index contributed by atoms with van der Waals surface area (Å²) in [5.74, 6) is 0.910. The highest BCUT2D eigenvalue weighted by molar-refractivity contribution is 4.76. The number of hydrogen-bond acceptors (Lipinski definition) is 3. The lowest BCUT2D eigenvalue weighted by molar-refractivity contribution is 0.260. The quantitative estimate of drug-likeness (QED) is 0.778. The Morgan fingerprint density at radius 3 is 2.83 bits per heavy atom. The highest BCUT2D eigenvalue weighted by Crippen LogP contribution is 2.16. The summed E-state index contributed by atoms with van der Waals surface area (Å²) in [5, 5.41) is 3.65. The molecule has 2 fully saturated rings. The fourth-order valence-electron chi connectivity index (χ4n) is 3.49. The van der Waals surface area contributed by atoms with Gasteiger partial charge in [-0.3, -0.25) is 0 Å². The molecule has 1 N–H and O–H groups in total. The van der Waals surface area contributed by atoms with Crippen LogP contribution in [0.5, 0.6) is 0 Å². The molecule has 0 amide bonds. The average Bonchev–Trinajstić information content (AvgIpc) is 2.76. The lowest BCUT2D eigenvalue weighted by Crippen LogP contribution is -2.35. The highest BCUT2D eigenvalue weighted by atomic mass is 15.1. The molecule has 3 heteroatoms. The first-order valence-corrected chi connectivity index (χ1v) is 7.84. The van der Waals surface area contributed by atoms with E-state index in [9.17, 15) is 0 Å². The van der Waals surface area contributed by atoms with Crippen LogP contribution >= 0.6 is 0 Å². The minimum atomic E-state index is 0.810. The van der Waals surface area contributed by atoms with Crippen molar-refractivity contribution in [2.45, 2.75) is 44.6 Å². The van der Waals surface area contributed by atoms with E-state index in [0.29, 0.717) is 0 Å². The van der Waals surface area contributed by atoms with Crippen molar-refractivity contribution in [1.29, 1.82) is 0 Å². The molecule has 2 atom stereocenters. The molecule has 0 bridgehead atoms. The molecule has 2 aliphatic rings. The number of piperidine rings is 1. The summed E-state index contributed by atoms with van der Waals surface area (Å²) < 4.78 is 0. The van der Waals surface area contributed by atoms with Crippen LogP contribution < -0.4 is 5.32 Å². The first kappa shape index (κ1) is 14.3. The van der Waals surface area contributed by atoms with Crippen molar-refractivity contribution in [3.63, 3.8) is 0 Å². The summed E-state index contributed by atoms with van der Waals surface area (Å²) in [5.41, 5.74) is 0. The van der Waals surface area contributed by atoms with Gasteiger partial charge in [0.15, 0.2) is 0 Å². The molecule has 0 aromatic carbocycles.